The van der Waals surface area contributed by atoms with Crippen LogP contribution in [0.4, 0.5) is 8.78 Å². The van der Waals surface area contributed by atoms with Crippen LogP contribution in [0.2, 0.25) is 0 Å². The van der Waals surface area contributed by atoms with E-state index < -0.39 is 45.4 Å². The van der Waals surface area contributed by atoms with Crippen molar-refractivity contribution in [2.24, 2.45) is 5.92 Å². The van der Waals surface area contributed by atoms with Gasteiger partial charge in [-0.3, -0.25) is 9.59 Å². The maximum absolute atomic E-state index is 13.6. The first-order valence-electron chi connectivity index (χ1n) is 10.2. The summed E-state index contributed by atoms with van der Waals surface area (Å²) >= 11 is 0. The second kappa shape index (κ2) is 9.74. The molecule has 1 heterocycles. The van der Waals surface area contributed by atoms with Gasteiger partial charge in [0.05, 0.1) is 4.90 Å². The van der Waals surface area contributed by atoms with Crippen LogP contribution < -0.4 is 10.6 Å². The third-order valence-electron chi connectivity index (χ3n) is 5.56. The van der Waals surface area contributed by atoms with Crippen LogP contribution in [0.25, 0.3) is 0 Å². The molecule has 0 radical (unpaired) electrons. The fourth-order valence-electron chi connectivity index (χ4n) is 3.61. The molecular formula is C22H25F2N3O4S. The minimum absolute atomic E-state index is 0.107. The molecular weight excluding hydrogens is 440 g/mol. The molecule has 10 heteroatoms. The standard InChI is InChI=1S/C22H25F2N3O4S/c1-14-3-6-17(7-4-14)32(30,31)27-11-9-15(10-12-27)21(28)26-20(22(29)25-2)16-5-8-18(23)19(24)13-16/h3-8,13,15,20H,9-12H2,1-2H3,(H,25,29)(H,26,28). The molecule has 1 aliphatic heterocycles. The van der Waals surface area contributed by atoms with Gasteiger partial charge in [-0.15, -0.1) is 0 Å². The van der Waals surface area contributed by atoms with Gasteiger partial charge in [0.25, 0.3) is 0 Å². The highest BCUT2D eigenvalue weighted by Gasteiger charge is 2.33. The molecule has 172 valence electrons. The van der Waals surface area contributed by atoms with Crippen LogP contribution in [0.15, 0.2) is 47.4 Å². The first-order valence-corrected chi connectivity index (χ1v) is 11.6. The average molecular weight is 466 g/mol. The molecule has 1 fully saturated rings. The van der Waals surface area contributed by atoms with Crippen molar-refractivity contribution >= 4 is 21.8 Å². The Bertz CT molecular complexity index is 1100. The van der Waals surface area contributed by atoms with Crippen LogP contribution in [0.3, 0.4) is 0 Å². The molecule has 2 amide bonds. The number of hydrogen-bond donors (Lipinski definition) is 2. The Kier molecular flexibility index (Phi) is 7.25. The summed E-state index contributed by atoms with van der Waals surface area (Å²) in [5.74, 6) is -3.73. The van der Waals surface area contributed by atoms with E-state index in [0.29, 0.717) is 0 Å². The largest absolute Gasteiger partial charge is 0.357 e. The molecule has 3 rings (SSSR count). The smallest absolute Gasteiger partial charge is 0.246 e. The second-order valence-electron chi connectivity index (χ2n) is 7.72. The lowest BCUT2D eigenvalue weighted by molar-refractivity contribution is -0.131. The van der Waals surface area contributed by atoms with E-state index in [4.69, 9.17) is 0 Å². The van der Waals surface area contributed by atoms with Crippen molar-refractivity contribution in [1.29, 1.82) is 0 Å². The monoisotopic (exact) mass is 465 g/mol. The van der Waals surface area contributed by atoms with Crippen molar-refractivity contribution < 1.29 is 26.8 Å². The molecule has 0 aliphatic carbocycles. The number of likely N-dealkylation sites (N-methyl/N-ethyl adjacent to an activating group) is 1. The Balaban J connectivity index is 1.67. The van der Waals surface area contributed by atoms with Crippen LogP contribution in [0, 0.1) is 24.5 Å². The van der Waals surface area contributed by atoms with E-state index in [1.54, 1.807) is 24.3 Å². The van der Waals surface area contributed by atoms with Gasteiger partial charge in [0.1, 0.15) is 6.04 Å². The molecule has 0 saturated carbocycles. The summed E-state index contributed by atoms with van der Waals surface area (Å²) in [5, 5.41) is 4.98. The minimum atomic E-state index is -3.66. The Labute approximate surface area is 185 Å². The minimum Gasteiger partial charge on any atom is -0.357 e. The molecule has 1 atom stereocenters. The van der Waals surface area contributed by atoms with Crippen LogP contribution in [-0.4, -0.2) is 44.7 Å². The first-order chi connectivity index (χ1) is 15.1. The van der Waals surface area contributed by atoms with E-state index in [2.05, 4.69) is 10.6 Å². The van der Waals surface area contributed by atoms with Gasteiger partial charge in [-0.05, 0) is 49.6 Å². The van der Waals surface area contributed by atoms with Crippen LogP contribution in [-0.2, 0) is 19.6 Å². The molecule has 0 aromatic heterocycles. The zero-order chi connectivity index (χ0) is 23.5. The Morgan fingerprint density at radius 1 is 1.03 bits per heavy atom. The number of rotatable bonds is 6. The number of benzene rings is 2. The number of hydrogen-bond acceptors (Lipinski definition) is 4. The molecule has 1 unspecified atom stereocenters. The number of piperidine rings is 1. The summed E-state index contributed by atoms with van der Waals surface area (Å²) in [6.07, 6.45) is 0.546. The molecule has 2 N–H and O–H groups in total. The summed E-state index contributed by atoms with van der Waals surface area (Å²) in [4.78, 5) is 25.3. The number of amides is 2. The SMILES string of the molecule is CNC(=O)C(NC(=O)C1CCN(S(=O)(=O)c2ccc(C)cc2)CC1)c1ccc(F)c(F)c1. The predicted octanol–water partition coefficient (Wildman–Crippen LogP) is 2.28. The van der Waals surface area contributed by atoms with Gasteiger partial charge < -0.3 is 10.6 Å². The van der Waals surface area contributed by atoms with Crippen molar-refractivity contribution in [3.8, 4) is 0 Å². The van der Waals surface area contributed by atoms with E-state index in [9.17, 15) is 26.8 Å². The lowest BCUT2D eigenvalue weighted by Gasteiger charge is -2.31. The van der Waals surface area contributed by atoms with E-state index in [1.807, 2.05) is 6.92 Å². The van der Waals surface area contributed by atoms with Crippen molar-refractivity contribution in [2.45, 2.75) is 30.7 Å². The molecule has 32 heavy (non-hydrogen) atoms. The molecule has 2 aromatic carbocycles. The topological polar surface area (TPSA) is 95.6 Å². The lowest BCUT2D eigenvalue weighted by Crippen LogP contribution is -2.46. The summed E-state index contributed by atoms with van der Waals surface area (Å²) in [5.41, 5.74) is 1.06. The predicted molar refractivity (Wildman–Crippen MR) is 114 cm³/mol. The van der Waals surface area contributed by atoms with E-state index in [1.165, 1.54) is 17.4 Å². The van der Waals surface area contributed by atoms with E-state index in [0.717, 1.165) is 17.7 Å². The molecule has 1 saturated heterocycles. The second-order valence-corrected chi connectivity index (χ2v) is 9.66. The van der Waals surface area contributed by atoms with E-state index in [-0.39, 0.29) is 36.4 Å². The third kappa shape index (κ3) is 5.13. The van der Waals surface area contributed by atoms with Crippen molar-refractivity contribution in [1.82, 2.24) is 14.9 Å². The molecule has 7 nitrogen and oxygen atoms in total. The van der Waals surface area contributed by atoms with Gasteiger partial charge in [0, 0.05) is 26.1 Å². The summed E-state index contributed by atoms with van der Waals surface area (Å²) in [6, 6.07) is 8.35. The maximum Gasteiger partial charge on any atom is 0.246 e. The zero-order valence-electron chi connectivity index (χ0n) is 17.8. The summed E-state index contributed by atoms with van der Waals surface area (Å²) < 4.78 is 53.9. The molecule has 1 aliphatic rings. The number of sulfonamides is 1. The number of aryl methyl sites for hydroxylation is 1. The number of carbonyl (C=O) groups is 2. The van der Waals surface area contributed by atoms with E-state index >= 15 is 0 Å². The maximum atomic E-state index is 13.6. The third-order valence-corrected chi connectivity index (χ3v) is 7.47. The van der Waals surface area contributed by atoms with Crippen molar-refractivity contribution in [2.75, 3.05) is 20.1 Å². The lowest BCUT2D eigenvalue weighted by atomic mass is 9.96. The van der Waals surface area contributed by atoms with Gasteiger partial charge in [-0.25, -0.2) is 17.2 Å². The Morgan fingerprint density at radius 2 is 1.66 bits per heavy atom. The Hall–Kier alpha value is -2.85. The van der Waals surface area contributed by atoms with Gasteiger partial charge in [0.15, 0.2) is 11.6 Å². The normalized spacial score (nSPS) is 16.4. The number of nitrogens with one attached hydrogen (secondary N) is 2. The zero-order valence-corrected chi connectivity index (χ0v) is 18.6. The number of carbonyl (C=O) groups excluding carboxylic acids is 2. The summed E-state index contributed by atoms with van der Waals surface area (Å²) in [6.45, 7) is 2.18. The van der Waals surface area contributed by atoms with Crippen LogP contribution in [0.1, 0.15) is 30.0 Å². The quantitative estimate of drug-likeness (QED) is 0.684. The highest BCUT2D eigenvalue weighted by molar-refractivity contribution is 7.89. The van der Waals surface area contributed by atoms with Crippen LogP contribution in [0.5, 0.6) is 0 Å². The average Bonchev–Trinajstić information content (AvgIpc) is 2.79. The fraction of sp³-hybridized carbons (Fsp3) is 0.364. The molecule has 0 spiro atoms. The number of nitrogens with zero attached hydrogens (tertiary/aromatic N) is 1. The van der Waals surface area contributed by atoms with Gasteiger partial charge in [-0.2, -0.15) is 4.31 Å². The summed E-state index contributed by atoms with van der Waals surface area (Å²) in [7, 11) is -2.29. The van der Waals surface area contributed by atoms with Gasteiger partial charge >= 0.3 is 0 Å². The fourth-order valence-corrected chi connectivity index (χ4v) is 5.08. The van der Waals surface area contributed by atoms with Crippen molar-refractivity contribution in [3.63, 3.8) is 0 Å². The highest BCUT2D eigenvalue weighted by atomic mass is 32.2. The van der Waals surface area contributed by atoms with Gasteiger partial charge in [0.2, 0.25) is 21.8 Å². The number of halogens is 2. The van der Waals surface area contributed by atoms with Crippen LogP contribution >= 0.6 is 0 Å². The molecule has 0 bridgehead atoms. The van der Waals surface area contributed by atoms with Gasteiger partial charge in [-0.1, -0.05) is 23.8 Å². The first kappa shape index (κ1) is 23.8. The Morgan fingerprint density at radius 3 is 2.22 bits per heavy atom. The highest BCUT2D eigenvalue weighted by Crippen LogP contribution is 2.25. The molecule has 2 aromatic rings. The van der Waals surface area contributed by atoms with Crippen molar-refractivity contribution in [3.05, 3.63) is 65.2 Å².